The summed E-state index contributed by atoms with van der Waals surface area (Å²) in [4.78, 5) is 11.3. The number of hydrogen-bond acceptors (Lipinski definition) is 2. The van der Waals surface area contributed by atoms with E-state index in [-0.39, 0.29) is 13.0 Å². The lowest BCUT2D eigenvalue weighted by atomic mass is 10.0. The van der Waals surface area contributed by atoms with Crippen molar-refractivity contribution < 1.29 is 18.3 Å². The molecule has 0 bridgehead atoms. The number of hydrogen-bond donors (Lipinski definition) is 0. The van der Waals surface area contributed by atoms with Crippen LogP contribution in [0.3, 0.4) is 0 Å². The highest BCUT2D eigenvalue weighted by molar-refractivity contribution is 5.89. The molecule has 0 radical (unpaired) electrons. The Morgan fingerprint density at radius 3 is 2.29 bits per heavy atom. The number of carbonyl (C=O) groups is 1. The zero-order chi connectivity index (χ0) is 12.8. The van der Waals surface area contributed by atoms with Crippen LogP contribution in [0.15, 0.2) is 35.9 Å². The highest BCUT2D eigenvalue weighted by Gasteiger charge is 2.17. The van der Waals surface area contributed by atoms with Crippen molar-refractivity contribution in [3.63, 3.8) is 0 Å². The summed E-state index contributed by atoms with van der Waals surface area (Å²) in [7, 11) is 0. The molecule has 0 fully saturated rings. The van der Waals surface area contributed by atoms with E-state index in [0.717, 1.165) is 5.56 Å². The third-order valence-electron chi connectivity index (χ3n) is 2.25. The second kappa shape index (κ2) is 6.13. The Balaban J connectivity index is 2.85. The maximum Gasteiger partial charge on any atom is 0.339 e. The van der Waals surface area contributed by atoms with Crippen LogP contribution in [0, 0.1) is 6.92 Å². The molecule has 1 aromatic carbocycles. The summed E-state index contributed by atoms with van der Waals surface area (Å²) in [5.74, 6) is -0.951. The summed E-state index contributed by atoms with van der Waals surface area (Å²) in [6, 6.07) is 7.07. The molecular weight excluding hydrogens is 226 g/mol. The molecule has 0 saturated heterocycles. The van der Waals surface area contributed by atoms with Crippen molar-refractivity contribution in [3.8, 4) is 0 Å². The van der Waals surface area contributed by atoms with Crippen LogP contribution in [0.2, 0.25) is 0 Å². The van der Waals surface area contributed by atoms with Crippen molar-refractivity contribution in [1.29, 1.82) is 0 Å². The van der Waals surface area contributed by atoms with E-state index in [1.54, 1.807) is 19.1 Å². The van der Waals surface area contributed by atoms with Gasteiger partial charge in [-0.05, 0) is 19.4 Å². The number of benzene rings is 1. The van der Waals surface area contributed by atoms with Crippen molar-refractivity contribution in [1.82, 2.24) is 0 Å². The Labute approximate surface area is 98.9 Å². The summed E-state index contributed by atoms with van der Waals surface area (Å²) in [6.07, 6.45) is -2.09. The van der Waals surface area contributed by atoms with Gasteiger partial charge >= 0.3 is 5.97 Å². The first-order valence-corrected chi connectivity index (χ1v) is 5.31. The molecule has 0 amide bonds. The largest absolute Gasteiger partial charge is 0.462 e. The Bertz CT molecular complexity index is 418. The van der Waals surface area contributed by atoms with Crippen LogP contribution in [-0.2, 0) is 16.0 Å². The second-order valence-electron chi connectivity index (χ2n) is 3.62. The van der Waals surface area contributed by atoms with E-state index in [2.05, 4.69) is 4.74 Å². The molecule has 2 nitrogen and oxygen atoms in total. The third-order valence-corrected chi connectivity index (χ3v) is 2.25. The minimum Gasteiger partial charge on any atom is -0.462 e. The Morgan fingerprint density at radius 2 is 1.82 bits per heavy atom. The monoisotopic (exact) mass is 240 g/mol. The number of aryl methyl sites for hydroxylation is 1. The van der Waals surface area contributed by atoms with Crippen LogP contribution in [0.1, 0.15) is 18.1 Å². The fraction of sp³-hybridized carbons (Fsp3) is 0.308. The van der Waals surface area contributed by atoms with Crippen molar-refractivity contribution in [2.24, 2.45) is 0 Å². The number of carbonyl (C=O) groups excluding carboxylic acids is 1. The predicted molar refractivity (Wildman–Crippen MR) is 60.8 cm³/mol. The molecule has 0 spiro atoms. The maximum atomic E-state index is 12.6. The molecule has 0 atom stereocenters. The molecule has 92 valence electrons. The van der Waals surface area contributed by atoms with E-state index < -0.39 is 17.6 Å². The predicted octanol–water partition coefficient (Wildman–Crippen LogP) is 3.25. The first kappa shape index (κ1) is 13.4. The van der Waals surface area contributed by atoms with Crippen molar-refractivity contribution in [3.05, 3.63) is 47.0 Å². The molecule has 0 unspecified atom stereocenters. The molecule has 0 N–H and O–H groups in total. The van der Waals surface area contributed by atoms with Gasteiger partial charge < -0.3 is 4.74 Å². The van der Waals surface area contributed by atoms with E-state index in [4.69, 9.17) is 0 Å². The molecule has 0 aliphatic heterocycles. The molecular formula is C13H14F2O2. The van der Waals surface area contributed by atoms with Gasteiger partial charge in [0.15, 0.2) is 0 Å². The zero-order valence-electron chi connectivity index (χ0n) is 9.80. The SMILES string of the molecule is CCOC(=O)C(Cc1ccc(C)cc1)=C(F)F. The average molecular weight is 240 g/mol. The first-order chi connectivity index (χ1) is 8.04. The van der Waals surface area contributed by atoms with Crippen molar-refractivity contribution >= 4 is 5.97 Å². The summed E-state index contributed by atoms with van der Waals surface area (Å²) in [5, 5.41) is 0. The highest BCUT2D eigenvalue weighted by Crippen LogP contribution is 2.16. The number of rotatable bonds is 4. The van der Waals surface area contributed by atoms with Gasteiger partial charge in [0.2, 0.25) is 0 Å². The lowest BCUT2D eigenvalue weighted by molar-refractivity contribution is -0.138. The van der Waals surface area contributed by atoms with Crippen molar-refractivity contribution in [2.45, 2.75) is 20.3 Å². The van der Waals surface area contributed by atoms with Gasteiger partial charge in [-0.2, -0.15) is 8.78 Å². The van der Waals surface area contributed by atoms with E-state index in [9.17, 15) is 13.6 Å². The summed E-state index contributed by atoms with van der Waals surface area (Å²) in [6.45, 7) is 3.57. The Kier molecular flexibility index (Phi) is 4.82. The third kappa shape index (κ3) is 3.98. The lowest BCUT2D eigenvalue weighted by Crippen LogP contribution is -2.10. The van der Waals surface area contributed by atoms with Gasteiger partial charge in [-0.15, -0.1) is 0 Å². The van der Waals surface area contributed by atoms with Gasteiger partial charge in [-0.25, -0.2) is 4.79 Å². The van der Waals surface area contributed by atoms with Crippen LogP contribution in [0.25, 0.3) is 0 Å². The standard InChI is InChI=1S/C13H14F2O2/c1-3-17-13(16)11(12(14)15)8-10-6-4-9(2)5-7-10/h4-7H,3,8H2,1-2H3. The molecule has 0 aromatic heterocycles. The summed E-state index contributed by atoms with van der Waals surface area (Å²) in [5.41, 5.74) is 1.12. The minimum absolute atomic E-state index is 0.0868. The average Bonchev–Trinajstić information content (AvgIpc) is 2.28. The molecule has 1 aromatic rings. The molecule has 0 aliphatic carbocycles. The number of esters is 1. The van der Waals surface area contributed by atoms with Crippen LogP contribution < -0.4 is 0 Å². The normalized spacial score (nSPS) is 9.88. The van der Waals surface area contributed by atoms with Crippen LogP contribution in [0.5, 0.6) is 0 Å². The number of halogens is 2. The quantitative estimate of drug-likeness (QED) is 0.596. The molecule has 17 heavy (non-hydrogen) atoms. The van der Waals surface area contributed by atoms with E-state index in [0.29, 0.717) is 5.56 Å². The van der Waals surface area contributed by atoms with Gasteiger partial charge in [-0.3, -0.25) is 0 Å². The van der Waals surface area contributed by atoms with Gasteiger partial charge in [-0.1, -0.05) is 29.8 Å². The van der Waals surface area contributed by atoms with Crippen LogP contribution in [-0.4, -0.2) is 12.6 Å². The maximum absolute atomic E-state index is 12.6. The minimum atomic E-state index is -1.98. The van der Waals surface area contributed by atoms with Gasteiger partial charge in [0, 0.05) is 6.42 Å². The van der Waals surface area contributed by atoms with Crippen LogP contribution >= 0.6 is 0 Å². The zero-order valence-corrected chi connectivity index (χ0v) is 9.80. The summed E-state index contributed by atoms with van der Waals surface area (Å²) >= 11 is 0. The van der Waals surface area contributed by atoms with E-state index in [1.165, 1.54) is 0 Å². The smallest absolute Gasteiger partial charge is 0.339 e. The van der Waals surface area contributed by atoms with Crippen LogP contribution in [0.4, 0.5) is 8.78 Å². The van der Waals surface area contributed by atoms with Gasteiger partial charge in [0.25, 0.3) is 6.08 Å². The number of ether oxygens (including phenoxy) is 1. The molecule has 0 aliphatic rings. The molecule has 0 saturated carbocycles. The van der Waals surface area contributed by atoms with Gasteiger partial charge in [0.1, 0.15) is 5.57 Å². The van der Waals surface area contributed by atoms with Crippen molar-refractivity contribution in [2.75, 3.05) is 6.61 Å². The lowest BCUT2D eigenvalue weighted by Gasteiger charge is -2.06. The molecule has 4 heteroatoms. The topological polar surface area (TPSA) is 26.3 Å². The molecule has 1 rings (SSSR count). The van der Waals surface area contributed by atoms with E-state index >= 15 is 0 Å². The molecule has 0 heterocycles. The Morgan fingerprint density at radius 1 is 1.24 bits per heavy atom. The van der Waals surface area contributed by atoms with Gasteiger partial charge in [0.05, 0.1) is 6.61 Å². The first-order valence-electron chi connectivity index (χ1n) is 5.31. The van der Waals surface area contributed by atoms with E-state index in [1.807, 2.05) is 19.1 Å². The Hall–Kier alpha value is -1.71. The second-order valence-corrected chi connectivity index (χ2v) is 3.62. The fourth-order valence-electron chi connectivity index (χ4n) is 1.34. The fourth-order valence-corrected chi connectivity index (χ4v) is 1.34. The summed E-state index contributed by atoms with van der Waals surface area (Å²) < 4.78 is 29.8. The highest BCUT2D eigenvalue weighted by atomic mass is 19.3.